The summed E-state index contributed by atoms with van der Waals surface area (Å²) in [5.41, 5.74) is 3.22. The van der Waals surface area contributed by atoms with Gasteiger partial charge in [0, 0.05) is 18.5 Å². The van der Waals surface area contributed by atoms with Crippen LogP contribution in [0.3, 0.4) is 0 Å². The zero-order valence-corrected chi connectivity index (χ0v) is 17.5. The van der Waals surface area contributed by atoms with Crippen molar-refractivity contribution < 1.29 is 5.11 Å². The van der Waals surface area contributed by atoms with Gasteiger partial charge in [-0.25, -0.2) is 4.68 Å². The Morgan fingerprint density at radius 1 is 1.07 bits per heavy atom. The summed E-state index contributed by atoms with van der Waals surface area (Å²) in [6.45, 7) is 6.25. The molecule has 2 aromatic heterocycles. The Balaban J connectivity index is 0.000000278. The number of pyridine rings is 1. The van der Waals surface area contributed by atoms with Crippen LogP contribution in [0, 0.1) is 6.92 Å². The van der Waals surface area contributed by atoms with E-state index in [2.05, 4.69) is 23.1 Å². The van der Waals surface area contributed by atoms with E-state index in [0.717, 1.165) is 24.1 Å². The molecule has 29 heavy (non-hydrogen) atoms. The van der Waals surface area contributed by atoms with Crippen LogP contribution in [0.15, 0.2) is 71.7 Å². The third-order valence-electron chi connectivity index (χ3n) is 4.73. The van der Waals surface area contributed by atoms with Crippen LogP contribution in [-0.4, -0.2) is 26.5 Å². The van der Waals surface area contributed by atoms with Crippen molar-refractivity contribution in [1.82, 2.24) is 14.8 Å². The van der Waals surface area contributed by atoms with E-state index in [0.29, 0.717) is 11.8 Å². The van der Waals surface area contributed by atoms with Crippen LogP contribution in [0.25, 0.3) is 10.9 Å². The van der Waals surface area contributed by atoms with Gasteiger partial charge in [0.05, 0.1) is 16.9 Å². The number of hydrogen-bond acceptors (Lipinski definition) is 3. The molecule has 3 rings (SSSR count). The second-order valence-corrected chi connectivity index (χ2v) is 6.84. The Labute approximate surface area is 172 Å². The fourth-order valence-corrected chi connectivity index (χ4v) is 3.08. The molecule has 0 saturated heterocycles. The van der Waals surface area contributed by atoms with Crippen molar-refractivity contribution in [2.75, 3.05) is 6.61 Å². The van der Waals surface area contributed by atoms with Crippen LogP contribution in [0.1, 0.15) is 44.0 Å². The highest BCUT2D eigenvalue weighted by Gasteiger charge is 2.13. The number of aromatic amines is 1. The topological polar surface area (TPSA) is 70.9 Å². The fourth-order valence-electron chi connectivity index (χ4n) is 3.08. The first kappa shape index (κ1) is 22.4. The van der Waals surface area contributed by atoms with E-state index in [4.69, 9.17) is 5.11 Å². The van der Waals surface area contributed by atoms with Crippen molar-refractivity contribution in [3.63, 3.8) is 0 Å². The molecule has 0 aliphatic rings. The minimum absolute atomic E-state index is 0.00184. The minimum Gasteiger partial charge on any atom is -0.396 e. The molecule has 0 amide bonds. The zero-order valence-electron chi connectivity index (χ0n) is 17.5. The number of hydrogen-bond donors (Lipinski definition) is 2. The standard InChI is InChI=1S/C16H20N2O2.C8H11N/c1-2-13(11-12-19)18-16(20)14-9-7-5-3-4-6-8-10-15(14)17-18;1-3-8-4-5-9-7(2)6-8/h3-10,13,17,19H,2,11-12H2,1H3;4-6H,3H2,1-2H3. The Bertz CT molecular complexity index is 1010. The summed E-state index contributed by atoms with van der Waals surface area (Å²) in [7, 11) is 0. The molecule has 1 atom stereocenters. The van der Waals surface area contributed by atoms with E-state index in [1.807, 2.05) is 74.6 Å². The van der Waals surface area contributed by atoms with Crippen LogP contribution in [0.2, 0.25) is 0 Å². The number of aliphatic hydroxyl groups is 1. The first-order valence-electron chi connectivity index (χ1n) is 10.2. The molecule has 3 aromatic rings. The fraction of sp³-hybridized carbons (Fsp3) is 0.333. The number of fused-ring (bicyclic) bond motifs is 1. The second kappa shape index (κ2) is 11.8. The van der Waals surface area contributed by atoms with Gasteiger partial charge in [0.15, 0.2) is 0 Å². The Kier molecular flexibility index (Phi) is 9.12. The number of aliphatic hydroxyl groups excluding tert-OH is 1. The maximum atomic E-state index is 12.5. The maximum absolute atomic E-state index is 12.5. The smallest absolute Gasteiger partial charge is 0.274 e. The van der Waals surface area contributed by atoms with Gasteiger partial charge in [0.25, 0.3) is 5.56 Å². The van der Waals surface area contributed by atoms with Gasteiger partial charge in [-0.3, -0.25) is 14.9 Å². The van der Waals surface area contributed by atoms with Crippen molar-refractivity contribution in [2.45, 2.75) is 46.1 Å². The van der Waals surface area contributed by atoms with E-state index in [1.165, 1.54) is 5.56 Å². The SMILES string of the molecule is CCC(CCO)n1[nH]c2ccccccccc2c1=O.CCc1ccnc(C)c1. The van der Waals surface area contributed by atoms with Gasteiger partial charge in [0.2, 0.25) is 0 Å². The summed E-state index contributed by atoms with van der Waals surface area (Å²) in [5, 5.41) is 12.9. The number of aromatic nitrogens is 3. The average molecular weight is 394 g/mol. The highest BCUT2D eigenvalue weighted by molar-refractivity contribution is 5.76. The normalized spacial score (nSPS) is 11.3. The molecule has 0 fully saturated rings. The Hall–Kier alpha value is -2.92. The van der Waals surface area contributed by atoms with Gasteiger partial charge in [0.1, 0.15) is 0 Å². The highest BCUT2D eigenvalue weighted by Crippen LogP contribution is 2.14. The lowest BCUT2D eigenvalue weighted by atomic mass is 10.2. The van der Waals surface area contributed by atoms with E-state index in [-0.39, 0.29) is 18.2 Å². The summed E-state index contributed by atoms with van der Waals surface area (Å²) in [4.78, 5) is 16.6. The number of rotatable bonds is 5. The largest absolute Gasteiger partial charge is 0.396 e. The molecule has 1 aromatic carbocycles. The third-order valence-corrected chi connectivity index (χ3v) is 4.73. The van der Waals surface area contributed by atoms with E-state index < -0.39 is 0 Å². The highest BCUT2D eigenvalue weighted by atomic mass is 16.3. The van der Waals surface area contributed by atoms with Crippen LogP contribution >= 0.6 is 0 Å². The van der Waals surface area contributed by atoms with Crippen molar-refractivity contribution >= 4 is 10.9 Å². The average Bonchev–Trinajstić information content (AvgIpc) is 3.05. The van der Waals surface area contributed by atoms with Gasteiger partial charge in [-0.1, -0.05) is 50.2 Å². The monoisotopic (exact) mass is 393 g/mol. The van der Waals surface area contributed by atoms with Gasteiger partial charge in [-0.2, -0.15) is 0 Å². The number of H-pyrrole nitrogens is 1. The lowest BCUT2D eigenvalue weighted by Crippen LogP contribution is -2.22. The molecule has 2 heterocycles. The molecular weight excluding hydrogens is 362 g/mol. The van der Waals surface area contributed by atoms with Crippen molar-refractivity contribution in [1.29, 1.82) is 0 Å². The second-order valence-electron chi connectivity index (χ2n) is 6.84. The molecule has 0 spiro atoms. The number of aryl methyl sites for hydroxylation is 2. The van der Waals surface area contributed by atoms with Crippen LogP contribution < -0.4 is 5.56 Å². The molecule has 0 aliphatic heterocycles. The molecular formula is C24H31N3O2. The lowest BCUT2D eigenvalue weighted by Gasteiger charge is -2.13. The first-order valence-corrected chi connectivity index (χ1v) is 10.2. The van der Waals surface area contributed by atoms with Gasteiger partial charge >= 0.3 is 0 Å². The van der Waals surface area contributed by atoms with Gasteiger partial charge in [-0.05, 0) is 56.0 Å². The summed E-state index contributed by atoms with van der Waals surface area (Å²) >= 11 is 0. The summed E-state index contributed by atoms with van der Waals surface area (Å²) < 4.78 is 1.63. The van der Waals surface area contributed by atoms with E-state index >= 15 is 0 Å². The molecule has 0 saturated carbocycles. The predicted octanol–water partition coefficient (Wildman–Crippen LogP) is 4.74. The van der Waals surface area contributed by atoms with Gasteiger partial charge in [-0.15, -0.1) is 0 Å². The van der Waals surface area contributed by atoms with Crippen LogP contribution in [0.5, 0.6) is 0 Å². The van der Waals surface area contributed by atoms with Crippen LogP contribution in [-0.2, 0) is 6.42 Å². The summed E-state index contributed by atoms with van der Waals surface area (Å²) in [6, 6.07) is 19.3. The molecule has 0 aliphatic carbocycles. The zero-order chi connectivity index (χ0) is 21.1. The van der Waals surface area contributed by atoms with Crippen molar-refractivity contribution in [2.24, 2.45) is 0 Å². The van der Waals surface area contributed by atoms with Crippen molar-refractivity contribution in [3.05, 3.63) is 88.5 Å². The molecule has 1 unspecified atom stereocenters. The van der Waals surface area contributed by atoms with E-state index in [1.54, 1.807) is 4.68 Å². The first-order chi connectivity index (χ1) is 14.1. The van der Waals surface area contributed by atoms with Crippen LogP contribution in [0.4, 0.5) is 0 Å². The third kappa shape index (κ3) is 6.57. The van der Waals surface area contributed by atoms with E-state index in [9.17, 15) is 4.79 Å². The Morgan fingerprint density at radius 2 is 1.76 bits per heavy atom. The quantitative estimate of drug-likeness (QED) is 0.658. The summed E-state index contributed by atoms with van der Waals surface area (Å²) in [5.74, 6) is 0. The Morgan fingerprint density at radius 3 is 2.34 bits per heavy atom. The number of nitrogens with zero attached hydrogens (tertiary/aromatic N) is 2. The number of nitrogens with one attached hydrogen (secondary N) is 1. The predicted molar refractivity (Wildman–Crippen MR) is 120 cm³/mol. The molecule has 5 nitrogen and oxygen atoms in total. The molecule has 5 heteroatoms. The summed E-state index contributed by atoms with van der Waals surface area (Å²) in [6.07, 6.45) is 4.33. The van der Waals surface area contributed by atoms with Gasteiger partial charge < -0.3 is 5.11 Å². The van der Waals surface area contributed by atoms with Crippen molar-refractivity contribution in [3.8, 4) is 0 Å². The molecule has 2 N–H and O–H groups in total. The maximum Gasteiger partial charge on any atom is 0.274 e. The minimum atomic E-state index is -0.0425. The lowest BCUT2D eigenvalue weighted by molar-refractivity contribution is 0.247. The molecule has 154 valence electrons. The molecule has 0 radical (unpaired) electrons. The molecule has 0 bridgehead atoms.